The van der Waals surface area contributed by atoms with E-state index in [0.29, 0.717) is 23.7 Å². The van der Waals surface area contributed by atoms with Crippen molar-refractivity contribution in [3.05, 3.63) is 35.7 Å². The summed E-state index contributed by atoms with van der Waals surface area (Å²) in [5.74, 6) is 0.227. The Labute approximate surface area is 204 Å². The molecule has 0 aromatic carbocycles. The Morgan fingerprint density at radius 1 is 1.12 bits per heavy atom. The molecule has 7 nitrogen and oxygen atoms in total. The number of allylic oxidation sites excluding steroid dienone is 1. The Hall–Kier alpha value is -2.41. The first kappa shape index (κ1) is 26.2. The van der Waals surface area contributed by atoms with Gasteiger partial charge in [0, 0.05) is 30.7 Å². The number of nitrogens with zero attached hydrogens (tertiary/aromatic N) is 2. The molecule has 0 bridgehead atoms. The molecule has 2 aliphatic rings. The zero-order valence-electron chi connectivity index (χ0n) is 21.4. The Morgan fingerprint density at radius 2 is 1.79 bits per heavy atom. The molecule has 2 heterocycles. The lowest BCUT2D eigenvalue weighted by Crippen LogP contribution is -2.40. The lowest BCUT2D eigenvalue weighted by molar-refractivity contribution is 0.0491. The van der Waals surface area contributed by atoms with E-state index in [0.717, 1.165) is 56.6 Å². The molecule has 2 amide bonds. The molecule has 1 aromatic rings. The second-order valence-electron chi connectivity index (χ2n) is 10.8. The van der Waals surface area contributed by atoms with Crippen LogP contribution in [0.4, 0.5) is 4.79 Å². The number of amides is 2. The van der Waals surface area contributed by atoms with Crippen LogP contribution in [0.1, 0.15) is 100 Å². The number of hydrogen-bond acceptors (Lipinski definition) is 5. The van der Waals surface area contributed by atoms with Gasteiger partial charge in [-0.2, -0.15) is 0 Å². The van der Waals surface area contributed by atoms with Crippen molar-refractivity contribution in [3.8, 4) is 0 Å². The molecule has 2 fully saturated rings. The highest BCUT2D eigenvalue weighted by atomic mass is 16.6. The third-order valence-corrected chi connectivity index (χ3v) is 6.59. The highest BCUT2D eigenvalue weighted by Crippen LogP contribution is 2.33. The molecule has 1 aromatic heterocycles. The van der Waals surface area contributed by atoms with Crippen molar-refractivity contribution in [3.63, 3.8) is 0 Å². The third kappa shape index (κ3) is 7.83. The second-order valence-corrected chi connectivity index (χ2v) is 10.8. The topological polar surface area (TPSA) is 83.6 Å². The number of rotatable bonds is 7. The molecule has 34 heavy (non-hydrogen) atoms. The van der Waals surface area contributed by atoms with E-state index in [1.54, 1.807) is 0 Å². The van der Waals surface area contributed by atoms with Crippen LogP contribution in [0.5, 0.6) is 0 Å². The summed E-state index contributed by atoms with van der Waals surface area (Å²) in [6, 6.07) is 4.00. The summed E-state index contributed by atoms with van der Waals surface area (Å²) in [6.45, 7) is 15.4. The quantitative estimate of drug-likeness (QED) is 0.593. The molecule has 188 valence electrons. The molecule has 1 saturated heterocycles. The fourth-order valence-corrected chi connectivity index (χ4v) is 4.82. The number of nitrogens with one attached hydrogen (secondary N) is 2. The summed E-state index contributed by atoms with van der Waals surface area (Å²) in [5, 5.41) is 6.06. The zero-order valence-corrected chi connectivity index (χ0v) is 21.4. The number of likely N-dealkylation sites (tertiary alicyclic amines) is 1. The summed E-state index contributed by atoms with van der Waals surface area (Å²) >= 11 is 0. The summed E-state index contributed by atoms with van der Waals surface area (Å²) < 4.78 is 5.38. The van der Waals surface area contributed by atoms with E-state index in [2.05, 4.69) is 22.1 Å². The van der Waals surface area contributed by atoms with Gasteiger partial charge in [-0.15, -0.1) is 0 Å². The number of piperidine rings is 1. The molecular weight excluding hydrogens is 428 g/mol. The van der Waals surface area contributed by atoms with Crippen LogP contribution >= 0.6 is 0 Å². The normalized spacial score (nSPS) is 21.5. The predicted molar refractivity (Wildman–Crippen MR) is 136 cm³/mol. The number of ether oxygens (including phenoxy) is 1. The lowest BCUT2D eigenvalue weighted by Gasteiger charge is -2.30. The van der Waals surface area contributed by atoms with Crippen molar-refractivity contribution in [1.29, 1.82) is 0 Å². The monoisotopic (exact) mass is 470 g/mol. The minimum Gasteiger partial charge on any atom is -0.444 e. The van der Waals surface area contributed by atoms with Gasteiger partial charge >= 0.3 is 6.09 Å². The Morgan fingerprint density at radius 3 is 2.41 bits per heavy atom. The van der Waals surface area contributed by atoms with E-state index in [1.807, 2.05) is 39.8 Å². The van der Waals surface area contributed by atoms with Gasteiger partial charge in [0.1, 0.15) is 5.60 Å². The van der Waals surface area contributed by atoms with Crippen LogP contribution in [0.3, 0.4) is 0 Å². The van der Waals surface area contributed by atoms with Gasteiger partial charge in [0.2, 0.25) is 0 Å². The molecule has 0 radical (unpaired) electrons. The standard InChI is InChI=1S/C27H42N4O3/c1-19(2)24-22(25(32)28-15-18-31-16-7-6-8-17-31)13-14-23(30-24)20-9-11-21(12-10-20)29-26(33)34-27(3,4)5/h13-14,20-21H,1,6-12,15-18H2,2-5H3,(H,28,32)(H,29,33). The molecule has 2 N–H and O–H groups in total. The maximum atomic E-state index is 12.9. The van der Waals surface area contributed by atoms with Crippen molar-refractivity contribution >= 4 is 17.6 Å². The molecule has 1 aliphatic carbocycles. The maximum absolute atomic E-state index is 12.9. The van der Waals surface area contributed by atoms with Crippen LogP contribution in [0.2, 0.25) is 0 Å². The third-order valence-electron chi connectivity index (χ3n) is 6.59. The molecule has 0 atom stereocenters. The zero-order chi connectivity index (χ0) is 24.7. The molecule has 7 heteroatoms. The smallest absolute Gasteiger partial charge is 0.407 e. The van der Waals surface area contributed by atoms with Crippen LogP contribution < -0.4 is 10.6 Å². The number of carbonyl (C=O) groups excluding carboxylic acids is 2. The maximum Gasteiger partial charge on any atom is 0.407 e. The van der Waals surface area contributed by atoms with Crippen molar-refractivity contribution in [1.82, 2.24) is 20.5 Å². The largest absolute Gasteiger partial charge is 0.444 e. The van der Waals surface area contributed by atoms with Gasteiger partial charge in [-0.05, 0) is 97.0 Å². The van der Waals surface area contributed by atoms with Crippen LogP contribution in [-0.2, 0) is 4.74 Å². The number of pyridine rings is 1. The molecule has 1 aliphatic heterocycles. The first-order chi connectivity index (χ1) is 16.1. The van der Waals surface area contributed by atoms with Crippen LogP contribution in [0, 0.1) is 0 Å². The lowest BCUT2D eigenvalue weighted by atomic mass is 9.83. The van der Waals surface area contributed by atoms with Crippen molar-refractivity contribution in [2.75, 3.05) is 26.2 Å². The van der Waals surface area contributed by atoms with Gasteiger partial charge in [-0.1, -0.05) is 13.0 Å². The highest BCUT2D eigenvalue weighted by Gasteiger charge is 2.27. The molecule has 1 saturated carbocycles. The summed E-state index contributed by atoms with van der Waals surface area (Å²) in [6.07, 6.45) is 7.09. The van der Waals surface area contributed by atoms with Crippen molar-refractivity contribution in [2.24, 2.45) is 0 Å². The van der Waals surface area contributed by atoms with E-state index in [1.165, 1.54) is 19.3 Å². The first-order valence-electron chi connectivity index (χ1n) is 12.8. The average Bonchev–Trinajstić information content (AvgIpc) is 2.78. The molecular formula is C27H42N4O3. The van der Waals surface area contributed by atoms with E-state index in [-0.39, 0.29) is 18.0 Å². The van der Waals surface area contributed by atoms with Gasteiger partial charge in [-0.25, -0.2) is 4.79 Å². The van der Waals surface area contributed by atoms with Gasteiger partial charge in [0.05, 0.1) is 11.3 Å². The van der Waals surface area contributed by atoms with Gasteiger partial charge in [0.15, 0.2) is 0 Å². The van der Waals surface area contributed by atoms with Crippen molar-refractivity contribution < 1.29 is 14.3 Å². The SMILES string of the molecule is C=C(C)c1nc(C2CCC(NC(=O)OC(C)(C)C)CC2)ccc1C(=O)NCCN1CCCCC1. The van der Waals surface area contributed by atoms with E-state index >= 15 is 0 Å². The highest BCUT2D eigenvalue weighted by molar-refractivity contribution is 5.98. The Bertz CT molecular complexity index is 863. The predicted octanol–water partition coefficient (Wildman–Crippen LogP) is 4.88. The minimum atomic E-state index is -0.494. The Kier molecular flexibility index (Phi) is 9.11. The first-order valence-corrected chi connectivity index (χ1v) is 12.8. The molecule has 3 rings (SSSR count). The number of aromatic nitrogens is 1. The van der Waals surface area contributed by atoms with Crippen LogP contribution in [-0.4, -0.2) is 59.7 Å². The number of hydrogen-bond donors (Lipinski definition) is 2. The number of alkyl carbamates (subject to hydrolysis) is 1. The van der Waals surface area contributed by atoms with E-state index in [4.69, 9.17) is 9.72 Å². The average molecular weight is 471 g/mol. The van der Waals surface area contributed by atoms with Gasteiger partial charge in [0.25, 0.3) is 5.91 Å². The summed E-state index contributed by atoms with van der Waals surface area (Å²) in [7, 11) is 0. The Balaban J connectivity index is 1.55. The second kappa shape index (κ2) is 11.8. The fraction of sp³-hybridized carbons (Fsp3) is 0.667. The van der Waals surface area contributed by atoms with Gasteiger partial charge in [-0.3, -0.25) is 9.78 Å². The molecule has 0 spiro atoms. The van der Waals surface area contributed by atoms with E-state index < -0.39 is 5.60 Å². The van der Waals surface area contributed by atoms with Crippen LogP contribution in [0.15, 0.2) is 18.7 Å². The van der Waals surface area contributed by atoms with Gasteiger partial charge < -0.3 is 20.3 Å². The fourth-order valence-electron chi connectivity index (χ4n) is 4.82. The minimum absolute atomic E-state index is 0.0840. The molecule has 0 unspecified atom stereocenters. The number of carbonyl (C=O) groups is 2. The van der Waals surface area contributed by atoms with Crippen LogP contribution in [0.25, 0.3) is 5.57 Å². The summed E-state index contributed by atoms with van der Waals surface area (Å²) in [5.41, 5.74) is 2.57. The van der Waals surface area contributed by atoms with E-state index in [9.17, 15) is 9.59 Å². The summed E-state index contributed by atoms with van der Waals surface area (Å²) in [4.78, 5) is 32.2. The van der Waals surface area contributed by atoms with Crippen molar-refractivity contribution in [2.45, 2.75) is 90.2 Å².